The van der Waals surface area contributed by atoms with Crippen molar-refractivity contribution in [3.8, 4) is 56.4 Å². The Morgan fingerprint density at radius 2 is 0.517 bits per heavy atom. The van der Waals surface area contributed by atoms with E-state index in [0.29, 0.717) is 49.1 Å². The molecule has 0 saturated carbocycles. The Balaban J connectivity index is 1.60. The maximum Gasteiger partial charge on any atom is 0.153 e. The van der Waals surface area contributed by atoms with Crippen LogP contribution in [0.5, 0.6) is 23.0 Å². The highest BCUT2D eigenvalue weighted by molar-refractivity contribution is 5.90. The number of ether oxygens (including phenoxy) is 4. The molecule has 0 spiro atoms. The van der Waals surface area contributed by atoms with Crippen molar-refractivity contribution in [3.63, 3.8) is 0 Å². The highest BCUT2D eigenvalue weighted by atomic mass is 16.5. The van der Waals surface area contributed by atoms with Gasteiger partial charge in [0.05, 0.1) is 37.6 Å². The first-order valence-electron chi connectivity index (χ1n) is 38.0. The van der Waals surface area contributed by atoms with Crippen LogP contribution in [0, 0.1) is 0 Å². The zero-order valence-electron chi connectivity index (χ0n) is 58.2. The van der Waals surface area contributed by atoms with Crippen molar-refractivity contribution < 1.29 is 28.5 Å². The van der Waals surface area contributed by atoms with Crippen molar-refractivity contribution >= 4 is 12.6 Å². The predicted octanol–water partition coefficient (Wildman–Crippen LogP) is 26.5. The molecule has 0 fully saturated rings. The fourth-order valence-corrected chi connectivity index (χ4v) is 13.9. The first-order valence-corrected chi connectivity index (χ1v) is 38.0. The van der Waals surface area contributed by atoms with E-state index in [0.717, 1.165) is 123 Å². The Morgan fingerprint density at radius 1 is 0.270 bits per heavy atom. The molecule has 5 rings (SSSR count). The van der Waals surface area contributed by atoms with Gasteiger partial charge in [0.1, 0.15) is 23.0 Å². The zero-order valence-corrected chi connectivity index (χ0v) is 58.2. The second-order valence-corrected chi connectivity index (χ2v) is 26.9. The van der Waals surface area contributed by atoms with Crippen LogP contribution >= 0.6 is 0 Å². The summed E-state index contributed by atoms with van der Waals surface area (Å²) in [5, 5.41) is 0. The number of carbonyl (C=O) groups excluding carboxylic acids is 2. The van der Waals surface area contributed by atoms with Gasteiger partial charge in [-0.05, 0) is 108 Å². The van der Waals surface area contributed by atoms with Gasteiger partial charge in [0, 0.05) is 16.5 Å². The van der Waals surface area contributed by atoms with E-state index in [1.54, 1.807) is 0 Å². The summed E-state index contributed by atoms with van der Waals surface area (Å²) in [6.07, 6.45) is 58.3. The summed E-state index contributed by atoms with van der Waals surface area (Å²) in [4.78, 5) is 26.0. The number of fused-ring (bicyclic) bond motifs is 3. The number of carbonyl (C=O) groups is 2. The van der Waals surface area contributed by atoms with Crippen molar-refractivity contribution in [1.29, 1.82) is 0 Å². The standard InChI is InChI=1S/C83H130O6/c1-7-13-19-25-31-35-41-47-57-86-79-65-75(81(63-71(79)67-84)88-59-49-43-37-33-27-21-15-9-3)69-51-53-73-74-54-52-70(62-78(74)83(77(73)61-69,55-45-39-29-23-17-11-5)56-46-40-30-24-18-12-6)76-66-80(87-58-48-42-36-32-26-20-14-8-2)72(68-85)64-82(76)89-60-50-44-38-34-28-22-16-10-4/h51-54,61-68H,7-50,55-60H2,1-6H3. The summed E-state index contributed by atoms with van der Waals surface area (Å²) < 4.78 is 27.0. The van der Waals surface area contributed by atoms with Gasteiger partial charge in [-0.15, -0.1) is 0 Å². The molecule has 0 N–H and O–H groups in total. The van der Waals surface area contributed by atoms with E-state index in [1.165, 1.54) is 241 Å². The van der Waals surface area contributed by atoms with Crippen molar-refractivity contribution in [3.05, 3.63) is 82.9 Å². The van der Waals surface area contributed by atoms with Crippen LogP contribution in [-0.4, -0.2) is 39.0 Å². The SMILES string of the molecule is CCCCCCCCCCOc1cc(-c2ccc3c(c2)C(CCCCCCCC)(CCCCCCCC)c2cc(-c4cc(OCCCCCCCCCC)c(C=O)cc4OCCCCCCCCCC)ccc2-3)c(OCCCCCCCCCC)cc1C=O. The molecule has 0 aromatic heterocycles. The minimum Gasteiger partial charge on any atom is -0.493 e. The molecule has 4 aromatic rings. The van der Waals surface area contributed by atoms with Gasteiger partial charge in [-0.1, -0.05) is 323 Å². The molecule has 6 heteroatoms. The first kappa shape index (κ1) is 75.1. The van der Waals surface area contributed by atoms with E-state index in [1.807, 2.05) is 12.1 Å². The Kier molecular flexibility index (Phi) is 40.0. The molecule has 1 aliphatic rings. The van der Waals surface area contributed by atoms with Crippen LogP contribution in [0.3, 0.4) is 0 Å². The molecular weight excluding hydrogens is 1090 g/mol. The molecule has 0 heterocycles. The van der Waals surface area contributed by atoms with Crippen molar-refractivity contribution in [2.45, 2.75) is 342 Å². The molecule has 0 radical (unpaired) electrons. The highest BCUT2D eigenvalue weighted by Gasteiger charge is 2.43. The molecule has 1 aliphatic carbocycles. The van der Waals surface area contributed by atoms with Crippen LogP contribution < -0.4 is 18.9 Å². The summed E-state index contributed by atoms with van der Waals surface area (Å²) in [5.41, 5.74) is 10.6. The largest absolute Gasteiger partial charge is 0.493 e. The molecular formula is C83H130O6. The molecule has 0 aliphatic heterocycles. The number of hydrogen-bond acceptors (Lipinski definition) is 6. The molecule has 0 atom stereocenters. The lowest BCUT2D eigenvalue weighted by atomic mass is 9.70. The van der Waals surface area contributed by atoms with Gasteiger partial charge < -0.3 is 18.9 Å². The third-order valence-corrected chi connectivity index (χ3v) is 19.4. The van der Waals surface area contributed by atoms with Gasteiger partial charge >= 0.3 is 0 Å². The van der Waals surface area contributed by atoms with E-state index < -0.39 is 0 Å². The number of unbranched alkanes of at least 4 members (excludes halogenated alkanes) is 38. The van der Waals surface area contributed by atoms with E-state index in [9.17, 15) is 9.59 Å². The Hall–Kier alpha value is -4.58. The van der Waals surface area contributed by atoms with E-state index in [4.69, 9.17) is 18.9 Å². The lowest BCUT2D eigenvalue weighted by Crippen LogP contribution is -2.25. The normalized spacial score (nSPS) is 12.3. The zero-order chi connectivity index (χ0) is 63.3. The van der Waals surface area contributed by atoms with Gasteiger partial charge in [0.15, 0.2) is 12.6 Å². The van der Waals surface area contributed by atoms with Crippen LogP contribution in [-0.2, 0) is 5.41 Å². The average molecular weight is 1220 g/mol. The lowest BCUT2D eigenvalue weighted by Gasteiger charge is -2.33. The summed E-state index contributed by atoms with van der Waals surface area (Å²) in [6.45, 7) is 16.2. The summed E-state index contributed by atoms with van der Waals surface area (Å²) in [7, 11) is 0. The predicted molar refractivity (Wildman–Crippen MR) is 383 cm³/mol. The van der Waals surface area contributed by atoms with E-state index >= 15 is 0 Å². The second-order valence-electron chi connectivity index (χ2n) is 26.9. The van der Waals surface area contributed by atoms with Crippen LogP contribution in [0.2, 0.25) is 0 Å². The summed E-state index contributed by atoms with van der Waals surface area (Å²) >= 11 is 0. The monoisotopic (exact) mass is 1220 g/mol. The maximum absolute atomic E-state index is 13.0. The fourth-order valence-electron chi connectivity index (χ4n) is 13.9. The van der Waals surface area contributed by atoms with Crippen LogP contribution in [0.4, 0.5) is 0 Å². The number of aldehydes is 2. The van der Waals surface area contributed by atoms with Crippen LogP contribution in [0.25, 0.3) is 33.4 Å². The molecule has 0 saturated heterocycles. The molecule has 498 valence electrons. The first-order chi connectivity index (χ1) is 43.9. The highest BCUT2D eigenvalue weighted by Crippen LogP contribution is 2.57. The van der Waals surface area contributed by atoms with Crippen LogP contribution in [0.15, 0.2) is 60.7 Å². The summed E-state index contributed by atoms with van der Waals surface area (Å²) in [6, 6.07) is 22.7. The van der Waals surface area contributed by atoms with Crippen LogP contribution in [0.1, 0.15) is 369 Å². The van der Waals surface area contributed by atoms with Crippen molar-refractivity contribution in [2.24, 2.45) is 0 Å². The molecule has 4 aromatic carbocycles. The smallest absolute Gasteiger partial charge is 0.153 e. The fraction of sp³-hybridized carbons (Fsp3) is 0.687. The van der Waals surface area contributed by atoms with E-state index in [-0.39, 0.29) is 5.41 Å². The Morgan fingerprint density at radius 3 is 0.787 bits per heavy atom. The topological polar surface area (TPSA) is 71.1 Å². The maximum atomic E-state index is 13.0. The van der Waals surface area contributed by atoms with E-state index in [2.05, 4.69) is 90.1 Å². The second kappa shape index (κ2) is 47.3. The molecule has 0 amide bonds. The molecule has 6 nitrogen and oxygen atoms in total. The van der Waals surface area contributed by atoms with Gasteiger partial charge in [0.2, 0.25) is 0 Å². The van der Waals surface area contributed by atoms with Crippen molar-refractivity contribution in [2.75, 3.05) is 26.4 Å². The van der Waals surface area contributed by atoms with Gasteiger partial charge in [-0.2, -0.15) is 0 Å². The Labute approximate surface area is 546 Å². The van der Waals surface area contributed by atoms with Gasteiger partial charge in [-0.3, -0.25) is 9.59 Å². The minimum absolute atomic E-state index is 0.236. The third kappa shape index (κ3) is 26.9. The minimum atomic E-state index is -0.236. The molecule has 0 unspecified atom stereocenters. The third-order valence-electron chi connectivity index (χ3n) is 19.4. The summed E-state index contributed by atoms with van der Waals surface area (Å²) in [5.74, 6) is 2.84. The number of benzene rings is 4. The number of rotatable bonds is 58. The average Bonchev–Trinajstić information content (AvgIpc) is 1.58. The quantitative estimate of drug-likeness (QED) is 0.0324. The van der Waals surface area contributed by atoms with Gasteiger partial charge in [-0.25, -0.2) is 0 Å². The van der Waals surface area contributed by atoms with Gasteiger partial charge in [0.25, 0.3) is 0 Å². The molecule has 89 heavy (non-hydrogen) atoms. The molecule has 0 bridgehead atoms. The number of hydrogen-bond donors (Lipinski definition) is 0. The van der Waals surface area contributed by atoms with Crippen molar-refractivity contribution in [1.82, 2.24) is 0 Å². The lowest BCUT2D eigenvalue weighted by molar-refractivity contribution is 0.111. The Bertz CT molecular complexity index is 2320.